The SMILES string of the molecule is CCC(C#N)c1ccc(OCc2ccc(OC/C(=N\OC)c3ccc4c(c3)CCO4)cc2)cc1. The molecule has 0 N–H and O–H groups in total. The second-order valence-corrected chi connectivity index (χ2v) is 8.02. The van der Waals surface area contributed by atoms with Gasteiger partial charge >= 0.3 is 0 Å². The molecule has 1 aliphatic heterocycles. The maximum absolute atomic E-state index is 9.20. The highest BCUT2D eigenvalue weighted by atomic mass is 16.6. The van der Waals surface area contributed by atoms with Gasteiger partial charge < -0.3 is 19.0 Å². The van der Waals surface area contributed by atoms with E-state index in [1.807, 2.05) is 67.6 Å². The number of oxime groups is 1. The summed E-state index contributed by atoms with van der Waals surface area (Å²) in [5.41, 5.74) is 4.90. The first kappa shape index (κ1) is 23.2. The van der Waals surface area contributed by atoms with E-state index in [1.165, 1.54) is 12.7 Å². The first-order valence-corrected chi connectivity index (χ1v) is 11.4. The second-order valence-electron chi connectivity index (χ2n) is 8.02. The third-order valence-corrected chi connectivity index (χ3v) is 5.78. The Labute approximate surface area is 200 Å². The van der Waals surface area contributed by atoms with Gasteiger partial charge in [0.1, 0.15) is 43.3 Å². The van der Waals surface area contributed by atoms with Gasteiger partial charge in [-0.05, 0) is 65.6 Å². The molecule has 0 saturated carbocycles. The minimum absolute atomic E-state index is 0.0762. The molecular weight excluding hydrogens is 428 g/mol. The fourth-order valence-corrected chi connectivity index (χ4v) is 3.84. The summed E-state index contributed by atoms with van der Waals surface area (Å²) in [7, 11) is 1.53. The van der Waals surface area contributed by atoms with Crippen LogP contribution >= 0.6 is 0 Å². The summed E-state index contributed by atoms with van der Waals surface area (Å²) >= 11 is 0. The summed E-state index contributed by atoms with van der Waals surface area (Å²) in [5, 5.41) is 13.4. The molecule has 1 heterocycles. The van der Waals surface area contributed by atoms with Gasteiger partial charge in [0.15, 0.2) is 0 Å². The number of nitriles is 1. The summed E-state index contributed by atoms with van der Waals surface area (Å²) in [6.45, 7) is 3.47. The molecule has 174 valence electrons. The van der Waals surface area contributed by atoms with Crippen LogP contribution in [0.15, 0.2) is 71.9 Å². The van der Waals surface area contributed by atoms with Crippen molar-refractivity contribution in [3.63, 3.8) is 0 Å². The Hall–Kier alpha value is -3.98. The average Bonchev–Trinajstić information content (AvgIpc) is 3.35. The maximum atomic E-state index is 9.20. The average molecular weight is 457 g/mol. The number of benzene rings is 3. The molecule has 1 atom stereocenters. The predicted molar refractivity (Wildman–Crippen MR) is 131 cm³/mol. The normalized spacial score (nSPS) is 13.4. The molecule has 34 heavy (non-hydrogen) atoms. The van der Waals surface area contributed by atoms with Crippen molar-refractivity contribution in [3.8, 4) is 23.3 Å². The Morgan fingerprint density at radius 1 is 1.03 bits per heavy atom. The Morgan fingerprint density at radius 3 is 2.47 bits per heavy atom. The molecule has 6 heteroatoms. The Kier molecular flexibility index (Phi) is 7.67. The van der Waals surface area contributed by atoms with E-state index in [-0.39, 0.29) is 12.5 Å². The molecule has 3 aromatic carbocycles. The molecule has 0 amide bonds. The largest absolute Gasteiger partial charge is 0.493 e. The van der Waals surface area contributed by atoms with Crippen LogP contribution in [0.5, 0.6) is 17.2 Å². The van der Waals surface area contributed by atoms with Crippen LogP contribution in [0.25, 0.3) is 0 Å². The minimum atomic E-state index is -0.0762. The lowest BCUT2D eigenvalue weighted by molar-refractivity contribution is 0.210. The zero-order valence-corrected chi connectivity index (χ0v) is 19.5. The fourth-order valence-electron chi connectivity index (χ4n) is 3.84. The molecule has 0 saturated heterocycles. The van der Waals surface area contributed by atoms with Crippen molar-refractivity contribution in [2.45, 2.75) is 32.3 Å². The van der Waals surface area contributed by atoms with E-state index in [0.29, 0.717) is 13.2 Å². The van der Waals surface area contributed by atoms with E-state index >= 15 is 0 Å². The van der Waals surface area contributed by atoms with E-state index in [0.717, 1.165) is 52.5 Å². The monoisotopic (exact) mass is 456 g/mol. The molecule has 1 unspecified atom stereocenters. The van der Waals surface area contributed by atoms with Gasteiger partial charge in [0.2, 0.25) is 0 Å². The topological polar surface area (TPSA) is 73.1 Å². The lowest BCUT2D eigenvalue weighted by Crippen LogP contribution is -2.14. The van der Waals surface area contributed by atoms with Crippen molar-refractivity contribution in [1.82, 2.24) is 0 Å². The number of hydrogen-bond donors (Lipinski definition) is 0. The Bertz CT molecular complexity index is 1160. The smallest absolute Gasteiger partial charge is 0.134 e. The first-order valence-electron chi connectivity index (χ1n) is 11.4. The van der Waals surface area contributed by atoms with Crippen molar-refractivity contribution in [1.29, 1.82) is 5.26 Å². The van der Waals surface area contributed by atoms with Gasteiger partial charge in [-0.15, -0.1) is 0 Å². The zero-order chi connectivity index (χ0) is 23.8. The summed E-state index contributed by atoms with van der Waals surface area (Å²) in [5.74, 6) is 2.37. The number of ether oxygens (including phenoxy) is 3. The second kappa shape index (κ2) is 11.2. The molecule has 1 aliphatic rings. The fraction of sp³-hybridized carbons (Fsp3) is 0.286. The molecule has 6 nitrogen and oxygen atoms in total. The van der Waals surface area contributed by atoms with Crippen LogP contribution in [0, 0.1) is 11.3 Å². The van der Waals surface area contributed by atoms with Crippen molar-refractivity contribution < 1.29 is 19.0 Å². The Morgan fingerprint density at radius 2 is 1.76 bits per heavy atom. The summed E-state index contributed by atoms with van der Waals surface area (Å²) in [6.07, 6.45) is 1.70. The highest BCUT2D eigenvalue weighted by molar-refractivity contribution is 6.01. The summed E-state index contributed by atoms with van der Waals surface area (Å²) in [4.78, 5) is 5.04. The molecule has 3 aromatic rings. The van der Waals surface area contributed by atoms with Crippen molar-refractivity contribution in [2.24, 2.45) is 5.16 Å². The maximum Gasteiger partial charge on any atom is 0.134 e. The number of nitrogens with zero attached hydrogens (tertiary/aromatic N) is 2. The van der Waals surface area contributed by atoms with Crippen molar-refractivity contribution >= 4 is 5.71 Å². The molecule has 4 rings (SSSR count). The van der Waals surface area contributed by atoms with Crippen molar-refractivity contribution in [2.75, 3.05) is 20.3 Å². The lowest BCUT2D eigenvalue weighted by Gasteiger charge is -2.11. The van der Waals surface area contributed by atoms with E-state index in [9.17, 15) is 5.26 Å². The van der Waals surface area contributed by atoms with E-state index in [4.69, 9.17) is 19.0 Å². The van der Waals surface area contributed by atoms with Gasteiger partial charge in [-0.25, -0.2) is 0 Å². The molecule has 0 bridgehead atoms. The summed E-state index contributed by atoms with van der Waals surface area (Å²) in [6, 6.07) is 23.9. The highest BCUT2D eigenvalue weighted by Crippen LogP contribution is 2.26. The molecule has 0 aromatic heterocycles. The predicted octanol–water partition coefficient (Wildman–Crippen LogP) is 5.65. The lowest BCUT2D eigenvalue weighted by atomic mass is 9.98. The van der Waals surface area contributed by atoms with Gasteiger partial charge in [-0.2, -0.15) is 5.26 Å². The van der Waals surface area contributed by atoms with Crippen LogP contribution in [-0.2, 0) is 17.9 Å². The quantitative estimate of drug-likeness (QED) is 0.291. The number of rotatable bonds is 10. The third kappa shape index (κ3) is 5.68. The standard InChI is InChI=1S/C28H28N2O4/c1-3-21(17-29)22-6-11-26(12-7-22)33-18-20-4-9-25(10-5-20)34-19-27(30-31-2)23-8-13-28-24(16-23)14-15-32-28/h4-13,16,21H,3,14-15,18-19H2,1-2H3/b30-27+. The van der Waals surface area contributed by atoms with Crippen LogP contribution in [0.4, 0.5) is 0 Å². The van der Waals surface area contributed by atoms with E-state index in [2.05, 4.69) is 17.3 Å². The Balaban J connectivity index is 1.32. The van der Waals surface area contributed by atoms with Crippen LogP contribution in [0.1, 0.15) is 41.5 Å². The van der Waals surface area contributed by atoms with Crippen LogP contribution in [-0.4, -0.2) is 26.0 Å². The van der Waals surface area contributed by atoms with Crippen LogP contribution < -0.4 is 14.2 Å². The van der Waals surface area contributed by atoms with Gasteiger partial charge in [0.25, 0.3) is 0 Å². The molecule has 0 spiro atoms. The molecule has 0 aliphatic carbocycles. The highest BCUT2D eigenvalue weighted by Gasteiger charge is 2.15. The number of hydrogen-bond acceptors (Lipinski definition) is 6. The van der Waals surface area contributed by atoms with Gasteiger partial charge in [0.05, 0.1) is 18.6 Å². The first-order chi connectivity index (χ1) is 16.7. The molecule has 0 radical (unpaired) electrons. The minimum Gasteiger partial charge on any atom is -0.493 e. The van der Waals surface area contributed by atoms with E-state index < -0.39 is 0 Å². The van der Waals surface area contributed by atoms with Crippen LogP contribution in [0.3, 0.4) is 0 Å². The zero-order valence-electron chi connectivity index (χ0n) is 19.5. The van der Waals surface area contributed by atoms with Crippen molar-refractivity contribution in [3.05, 3.63) is 89.0 Å². The molecule has 0 fully saturated rings. The van der Waals surface area contributed by atoms with Crippen LogP contribution in [0.2, 0.25) is 0 Å². The van der Waals surface area contributed by atoms with Gasteiger partial charge in [-0.1, -0.05) is 36.3 Å². The summed E-state index contributed by atoms with van der Waals surface area (Å²) < 4.78 is 17.4. The van der Waals surface area contributed by atoms with Gasteiger partial charge in [0, 0.05) is 12.0 Å². The number of fused-ring (bicyclic) bond motifs is 1. The van der Waals surface area contributed by atoms with E-state index in [1.54, 1.807) is 0 Å². The third-order valence-electron chi connectivity index (χ3n) is 5.78. The van der Waals surface area contributed by atoms with Gasteiger partial charge in [-0.3, -0.25) is 0 Å². The molecular formula is C28H28N2O4.